The van der Waals surface area contributed by atoms with E-state index in [0.717, 1.165) is 13.1 Å². The molecule has 0 aliphatic rings. The highest BCUT2D eigenvalue weighted by Gasteiger charge is 2.38. The van der Waals surface area contributed by atoms with Crippen LogP contribution in [0.2, 0.25) is 6.04 Å². The van der Waals surface area contributed by atoms with Gasteiger partial charge in [-0.05, 0) is 40.3 Å². The highest BCUT2D eigenvalue weighted by Crippen LogP contribution is 2.13. The zero-order chi connectivity index (χ0) is 10.5. The van der Waals surface area contributed by atoms with Crippen LogP contribution < -0.4 is 4.98 Å². The molecule has 0 rings (SSSR count). The maximum absolute atomic E-state index is 3.56. The first-order chi connectivity index (χ1) is 6.08. The molecule has 80 valence electrons. The second-order valence-electron chi connectivity index (χ2n) is 3.49. The highest BCUT2D eigenvalue weighted by molar-refractivity contribution is 6.71. The number of nitrogens with zero attached hydrogens (tertiary/aromatic N) is 2. The van der Waals surface area contributed by atoms with Crippen LogP contribution in [0.4, 0.5) is 0 Å². The quantitative estimate of drug-likeness (QED) is 0.652. The molecule has 3 nitrogen and oxygen atoms in total. The van der Waals surface area contributed by atoms with Crippen LogP contribution in [-0.4, -0.2) is 51.9 Å². The van der Waals surface area contributed by atoms with E-state index in [4.69, 9.17) is 0 Å². The van der Waals surface area contributed by atoms with Gasteiger partial charge in [0, 0.05) is 0 Å². The Hall–Kier alpha value is 0.0969. The fourth-order valence-electron chi connectivity index (χ4n) is 2.13. The average molecular weight is 203 g/mol. The fraction of sp³-hybridized carbons (Fsp3) is 1.00. The molecule has 0 bridgehead atoms. The lowest BCUT2D eigenvalue weighted by Gasteiger charge is -2.44. The molecule has 1 atom stereocenters. The van der Waals surface area contributed by atoms with Gasteiger partial charge < -0.3 is 14.1 Å². The maximum Gasteiger partial charge on any atom is 0.285 e. The molecule has 0 saturated heterocycles. The smallest absolute Gasteiger partial charge is 0.285 e. The normalized spacial score (nSPS) is 16.6. The number of hydrogen-bond acceptors (Lipinski definition) is 3. The zero-order valence-electron chi connectivity index (χ0n) is 10.0. The van der Waals surface area contributed by atoms with Crippen molar-refractivity contribution >= 4 is 8.56 Å². The lowest BCUT2D eigenvalue weighted by atomic mass is 10.7. The van der Waals surface area contributed by atoms with Gasteiger partial charge in [-0.15, -0.1) is 0 Å². The summed E-state index contributed by atoms with van der Waals surface area (Å²) in [5.74, 6) is 0. The van der Waals surface area contributed by atoms with Crippen molar-refractivity contribution in [1.29, 1.82) is 0 Å². The summed E-state index contributed by atoms with van der Waals surface area (Å²) in [6.45, 7) is 9.02. The van der Waals surface area contributed by atoms with Crippen molar-refractivity contribution in [3.8, 4) is 0 Å². The molecule has 0 aromatic carbocycles. The van der Waals surface area contributed by atoms with Gasteiger partial charge in [0.05, 0.1) is 0 Å². The third-order valence-corrected chi connectivity index (χ3v) is 7.86. The van der Waals surface area contributed by atoms with Crippen molar-refractivity contribution in [2.45, 2.75) is 26.8 Å². The van der Waals surface area contributed by atoms with E-state index in [1.54, 1.807) is 0 Å². The predicted octanol–water partition coefficient (Wildman–Crippen LogP) is 1.07. The molecule has 0 heterocycles. The van der Waals surface area contributed by atoms with Gasteiger partial charge >= 0.3 is 0 Å². The molecule has 1 unspecified atom stereocenters. The Morgan fingerprint density at radius 3 is 1.62 bits per heavy atom. The standard InChI is InChI=1S/C9H25N3Si/c1-7-12(8-2)13(9-3,10-4)11(5)6/h10H,7-9H2,1-6H3. The van der Waals surface area contributed by atoms with Crippen LogP contribution in [0.5, 0.6) is 0 Å². The van der Waals surface area contributed by atoms with Gasteiger partial charge in [-0.3, -0.25) is 0 Å². The van der Waals surface area contributed by atoms with Crippen LogP contribution in [0.25, 0.3) is 0 Å². The molecule has 0 radical (unpaired) electrons. The Morgan fingerprint density at radius 1 is 1.08 bits per heavy atom. The first-order valence-corrected chi connectivity index (χ1v) is 7.30. The Kier molecular flexibility index (Phi) is 5.79. The van der Waals surface area contributed by atoms with Crippen LogP contribution in [0.15, 0.2) is 0 Å². The molecular formula is C9H25N3Si. The second-order valence-corrected chi connectivity index (χ2v) is 7.85. The van der Waals surface area contributed by atoms with Gasteiger partial charge in [-0.2, -0.15) is 0 Å². The molecule has 0 spiro atoms. The lowest BCUT2D eigenvalue weighted by Crippen LogP contribution is -2.71. The van der Waals surface area contributed by atoms with Crippen LogP contribution in [0.3, 0.4) is 0 Å². The molecule has 4 heteroatoms. The summed E-state index contributed by atoms with van der Waals surface area (Å²) < 4.78 is 4.97. The average Bonchev–Trinajstić information content (AvgIpc) is 2.13. The number of nitrogens with one attached hydrogen (secondary N) is 1. The van der Waals surface area contributed by atoms with Crippen LogP contribution in [0.1, 0.15) is 20.8 Å². The largest absolute Gasteiger partial charge is 0.316 e. The minimum Gasteiger partial charge on any atom is -0.316 e. The first-order valence-electron chi connectivity index (χ1n) is 5.20. The molecular weight excluding hydrogens is 178 g/mol. The van der Waals surface area contributed by atoms with E-state index in [2.05, 4.69) is 56.0 Å². The predicted molar refractivity (Wildman–Crippen MR) is 61.9 cm³/mol. The molecule has 0 fully saturated rings. The molecule has 0 saturated carbocycles. The summed E-state index contributed by atoms with van der Waals surface area (Å²) in [6.07, 6.45) is 0. The van der Waals surface area contributed by atoms with Gasteiger partial charge in [0.2, 0.25) is 0 Å². The van der Waals surface area contributed by atoms with Crippen LogP contribution in [0, 0.1) is 0 Å². The van der Waals surface area contributed by atoms with Crippen molar-refractivity contribution < 1.29 is 0 Å². The van der Waals surface area contributed by atoms with E-state index >= 15 is 0 Å². The Labute approximate surface area is 84.3 Å². The summed E-state index contributed by atoms with van der Waals surface area (Å²) >= 11 is 0. The Bertz CT molecular complexity index is 131. The van der Waals surface area contributed by atoms with Crippen molar-refractivity contribution in [3.05, 3.63) is 0 Å². The van der Waals surface area contributed by atoms with E-state index < -0.39 is 8.56 Å². The third kappa shape index (κ3) is 2.53. The maximum atomic E-state index is 3.56. The Morgan fingerprint density at radius 2 is 1.54 bits per heavy atom. The van der Waals surface area contributed by atoms with Gasteiger partial charge in [0.15, 0.2) is 0 Å². The van der Waals surface area contributed by atoms with Crippen molar-refractivity contribution in [1.82, 2.24) is 14.1 Å². The molecule has 0 amide bonds. The Balaban J connectivity index is 4.71. The van der Waals surface area contributed by atoms with Crippen molar-refractivity contribution in [2.24, 2.45) is 0 Å². The monoisotopic (exact) mass is 203 g/mol. The van der Waals surface area contributed by atoms with Gasteiger partial charge in [-0.1, -0.05) is 20.8 Å². The molecule has 13 heavy (non-hydrogen) atoms. The van der Waals surface area contributed by atoms with Crippen LogP contribution >= 0.6 is 0 Å². The van der Waals surface area contributed by atoms with Gasteiger partial charge in [0.25, 0.3) is 8.56 Å². The van der Waals surface area contributed by atoms with E-state index in [1.165, 1.54) is 6.04 Å². The molecule has 0 aromatic heterocycles. The highest BCUT2D eigenvalue weighted by atomic mass is 28.4. The SMILES string of the molecule is CCN(CC)[Si](CC)(NC)N(C)C. The fourth-order valence-corrected chi connectivity index (χ4v) is 5.94. The van der Waals surface area contributed by atoms with E-state index in [-0.39, 0.29) is 0 Å². The first kappa shape index (κ1) is 13.1. The number of rotatable bonds is 6. The van der Waals surface area contributed by atoms with E-state index in [9.17, 15) is 0 Å². The van der Waals surface area contributed by atoms with Crippen molar-refractivity contribution in [2.75, 3.05) is 34.2 Å². The van der Waals surface area contributed by atoms with Gasteiger partial charge in [-0.25, -0.2) is 0 Å². The molecule has 0 aliphatic carbocycles. The zero-order valence-corrected chi connectivity index (χ0v) is 11.0. The number of hydrogen-bond donors (Lipinski definition) is 1. The summed E-state index contributed by atoms with van der Waals surface area (Å²) in [5.41, 5.74) is 0. The van der Waals surface area contributed by atoms with Gasteiger partial charge in [0.1, 0.15) is 0 Å². The van der Waals surface area contributed by atoms with Crippen molar-refractivity contribution in [3.63, 3.8) is 0 Å². The van der Waals surface area contributed by atoms with E-state index in [1.807, 2.05) is 0 Å². The topological polar surface area (TPSA) is 18.5 Å². The molecule has 1 N–H and O–H groups in total. The minimum atomic E-state index is -1.53. The summed E-state index contributed by atoms with van der Waals surface area (Å²) in [7, 11) is 4.93. The minimum absolute atomic E-state index is 1.13. The second kappa shape index (κ2) is 5.75. The summed E-state index contributed by atoms with van der Waals surface area (Å²) in [5, 5.41) is 0. The molecule has 0 aromatic rings. The van der Waals surface area contributed by atoms with E-state index in [0.29, 0.717) is 0 Å². The summed E-state index contributed by atoms with van der Waals surface area (Å²) in [4.78, 5) is 3.56. The van der Waals surface area contributed by atoms with Crippen LogP contribution in [-0.2, 0) is 0 Å². The summed E-state index contributed by atoms with van der Waals surface area (Å²) in [6, 6.07) is 1.22. The lowest BCUT2D eigenvalue weighted by molar-refractivity contribution is 0.383. The third-order valence-electron chi connectivity index (χ3n) is 2.92. The molecule has 0 aliphatic heterocycles.